The molecule has 82 valence electrons. The third kappa shape index (κ3) is 6.42. The minimum absolute atomic E-state index is 0.0272. The van der Waals surface area contributed by atoms with Gasteiger partial charge in [-0.2, -0.15) is 0 Å². The maximum atomic E-state index is 11.0. The Hall–Kier alpha value is -1.10. The smallest absolute Gasteiger partial charge is 0.236 e. The van der Waals surface area contributed by atoms with Crippen molar-refractivity contribution in [2.24, 2.45) is 5.73 Å². The first-order valence-corrected chi connectivity index (χ1v) is 4.79. The van der Waals surface area contributed by atoms with Gasteiger partial charge in [-0.1, -0.05) is 0 Å². The Labute approximate surface area is 84.4 Å². The second kappa shape index (κ2) is 7.32. The largest absolute Gasteiger partial charge is 0.358 e. The van der Waals surface area contributed by atoms with Gasteiger partial charge in [0.2, 0.25) is 11.8 Å². The van der Waals surface area contributed by atoms with Crippen LogP contribution in [0.2, 0.25) is 0 Å². The zero-order chi connectivity index (χ0) is 11.0. The molecule has 5 heteroatoms. The molecule has 4 N–H and O–H groups in total. The van der Waals surface area contributed by atoms with Crippen molar-refractivity contribution < 1.29 is 9.59 Å². The van der Waals surface area contributed by atoms with Gasteiger partial charge in [-0.3, -0.25) is 9.59 Å². The van der Waals surface area contributed by atoms with Crippen LogP contribution in [-0.2, 0) is 9.59 Å². The highest BCUT2D eigenvalue weighted by molar-refractivity contribution is 5.81. The van der Waals surface area contributed by atoms with Crippen molar-refractivity contribution in [3.05, 3.63) is 0 Å². The lowest BCUT2D eigenvalue weighted by Crippen LogP contribution is -2.38. The molecule has 0 spiro atoms. The molecule has 1 unspecified atom stereocenters. The molecule has 0 saturated carbocycles. The second-order valence-electron chi connectivity index (χ2n) is 3.20. The van der Waals surface area contributed by atoms with Crippen molar-refractivity contribution >= 4 is 11.8 Å². The molecule has 2 amide bonds. The van der Waals surface area contributed by atoms with E-state index in [9.17, 15) is 9.59 Å². The summed E-state index contributed by atoms with van der Waals surface area (Å²) in [7, 11) is 1.57. The molecule has 0 aromatic carbocycles. The van der Waals surface area contributed by atoms with Crippen LogP contribution < -0.4 is 16.4 Å². The number of likely N-dealkylation sites (N-methyl/N-ethyl adjacent to an activating group) is 1. The average molecular weight is 201 g/mol. The van der Waals surface area contributed by atoms with Gasteiger partial charge >= 0.3 is 0 Å². The van der Waals surface area contributed by atoms with E-state index in [2.05, 4.69) is 10.6 Å². The first-order chi connectivity index (χ1) is 6.57. The number of carbonyl (C=O) groups excluding carboxylic acids is 2. The fourth-order valence-corrected chi connectivity index (χ4v) is 1.07. The predicted octanol–water partition coefficient (Wildman–Crippen LogP) is -0.634. The van der Waals surface area contributed by atoms with Crippen LogP contribution in [-0.4, -0.2) is 31.4 Å². The van der Waals surface area contributed by atoms with Crippen molar-refractivity contribution in [1.29, 1.82) is 0 Å². The Kier molecular flexibility index (Phi) is 6.74. The predicted molar refractivity (Wildman–Crippen MR) is 54.6 cm³/mol. The van der Waals surface area contributed by atoms with Gasteiger partial charge in [-0.15, -0.1) is 0 Å². The van der Waals surface area contributed by atoms with E-state index in [1.807, 2.05) is 0 Å². The van der Waals surface area contributed by atoms with Crippen LogP contribution in [0.3, 0.4) is 0 Å². The standard InChI is InChI=1S/C9H19N3O2/c1-7(13)12-6-4-3-5-8(10)9(14)11-2/h8H,3-6,10H2,1-2H3,(H,11,14)(H,12,13). The molecule has 0 bridgehead atoms. The van der Waals surface area contributed by atoms with Crippen molar-refractivity contribution in [1.82, 2.24) is 10.6 Å². The van der Waals surface area contributed by atoms with E-state index in [0.717, 1.165) is 12.8 Å². The summed E-state index contributed by atoms with van der Waals surface area (Å²) in [4.78, 5) is 21.5. The summed E-state index contributed by atoms with van der Waals surface area (Å²) in [6.45, 7) is 2.13. The van der Waals surface area contributed by atoms with E-state index < -0.39 is 6.04 Å². The molecule has 0 aliphatic heterocycles. The van der Waals surface area contributed by atoms with Gasteiger partial charge < -0.3 is 16.4 Å². The van der Waals surface area contributed by atoms with Crippen LogP contribution in [0.1, 0.15) is 26.2 Å². The summed E-state index contributed by atoms with van der Waals surface area (Å²) in [5, 5.41) is 5.17. The highest BCUT2D eigenvalue weighted by Gasteiger charge is 2.09. The lowest BCUT2D eigenvalue weighted by Gasteiger charge is -2.09. The van der Waals surface area contributed by atoms with E-state index in [0.29, 0.717) is 13.0 Å². The van der Waals surface area contributed by atoms with E-state index in [1.165, 1.54) is 6.92 Å². The van der Waals surface area contributed by atoms with Crippen LogP contribution in [0.25, 0.3) is 0 Å². The summed E-state index contributed by atoms with van der Waals surface area (Å²) in [6, 6.07) is -0.433. The van der Waals surface area contributed by atoms with Gasteiger partial charge in [0.1, 0.15) is 0 Å². The molecule has 0 fully saturated rings. The topological polar surface area (TPSA) is 84.2 Å². The monoisotopic (exact) mass is 201 g/mol. The number of carbonyl (C=O) groups is 2. The average Bonchev–Trinajstić information content (AvgIpc) is 2.15. The highest BCUT2D eigenvalue weighted by atomic mass is 16.2. The molecule has 1 atom stereocenters. The number of nitrogens with one attached hydrogen (secondary N) is 2. The number of hydrogen-bond acceptors (Lipinski definition) is 3. The minimum Gasteiger partial charge on any atom is -0.358 e. The molecule has 0 aromatic rings. The molecule has 0 saturated heterocycles. The van der Waals surface area contributed by atoms with E-state index >= 15 is 0 Å². The van der Waals surface area contributed by atoms with Crippen LogP contribution >= 0.6 is 0 Å². The molecular weight excluding hydrogens is 182 g/mol. The van der Waals surface area contributed by atoms with Crippen LogP contribution in [0.4, 0.5) is 0 Å². The van der Waals surface area contributed by atoms with Crippen molar-refractivity contribution in [2.75, 3.05) is 13.6 Å². The molecule has 0 aliphatic rings. The first kappa shape index (κ1) is 12.9. The summed E-state index contributed by atoms with van der Waals surface area (Å²) in [5.74, 6) is -0.162. The Balaban J connectivity index is 3.36. The van der Waals surface area contributed by atoms with E-state index in [1.54, 1.807) is 7.05 Å². The van der Waals surface area contributed by atoms with Gasteiger partial charge in [0.15, 0.2) is 0 Å². The maximum absolute atomic E-state index is 11.0. The Morgan fingerprint density at radius 1 is 1.36 bits per heavy atom. The quantitative estimate of drug-likeness (QED) is 0.500. The summed E-state index contributed by atoms with van der Waals surface area (Å²) >= 11 is 0. The number of unbranched alkanes of at least 4 members (excludes halogenated alkanes) is 1. The van der Waals surface area contributed by atoms with Crippen LogP contribution in [0, 0.1) is 0 Å². The van der Waals surface area contributed by atoms with Crippen LogP contribution in [0.15, 0.2) is 0 Å². The summed E-state index contributed by atoms with van der Waals surface area (Å²) in [5.41, 5.74) is 5.57. The summed E-state index contributed by atoms with van der Waals surface area (Å²) < 4.78 is 0. The van der Waals surface area contributed by atoms with Gasteiger partial charge in [0.25, 0.3) is 0 Å². The Morgan fingerprint density at radius 2 is 2.00 bits per heavy atom. The minimum atomic E-state index is -0.433. The fraction of sp³-hybridized carbons (Fsp3) is 0.778. The first-order valence-electron chi connectivity index (χ1n) is 4.79. The van der Waals surface area contributed by atoms with Gasteiger partial charge in [0, 0.05) is 20.5 Å². The molecular formula is C9H19N3O2. The maximum Gasteiger partial charge on any atom is 0.236 e. The van der Waals surface area contributed by atoms with Gasteiger partial charge in [0.05, 0.1) is 6.04 Å². The number of rotatable bonds is 6. The zero-order valence-corrected chi connectivity index (χ0v) is 8.80. The SMILES string of the molecule is CNC(=O)C(N)CCCCNC(C)=O. The van der Waals surface area contributed by atoms with Gasteiger partial charge in [-0.25, -0.2) is 0 Å². The van der Waals surface area contributed by atoms with Crippen molar-refractivity contribution in [2.45, 2.75) is 32.2 Å². The lowest BCUT2D eigenvalue weighted by atomic mass is 10.1. The third-order valence-corrected chi connectivity index (χ3v) is 1.90. The van der Waals surface area contributed by atoms with Gasteiger partial charge in [-0.05, 0) is 19.3 Å². The fourth-order valence-electron chi connectivity index (χ4n) is 1.07. The number of hydrogen-bond donors (Lipinski definition) is 3. The molecule has 0 aliphatic carbocycles. The normalized spacial score (nSPS) is 11.9. The lowest BCUT2D eigenvalue weighted by molar-refractivity contribution is -0.122. The molecule has 14 heavy (non-hydrogen) atoms. The Bertz CT molecular complexity index is 194. The molecule has 0 rings (SSSR count). The van der Waals surface area contributed by atoms with Crippen molar-refractivity contribution in [3.63, 3.8) is 0 Å². The number of amides is 2. The summed E-state index contributed by atoms with van der Waals surface area (Å²) in [6.07, 6.45) is 2.35. The Morgan fingerprint density at radius 3 is 2.50 bits per heavy atom. The second-order valence-corrected chi connectivity index (χ2v) is 3.20. The molecule has 0 heterocycles. The molecule has 0 radical (unpaired) electrons. The van der Waals surface area contributed by atoms with Crippen molar-refractivity contribution in [3.8, 4) is 0 Å². The van der Waals surface area contributed by atoms with E-state index in [4.69, 9.17) is 5.73 Å². The van der Waals surface area contributed by atoms with Crippen LogP contribution in [0.5, 0.6) is 0 Å². The molecule has 5 nitrogen and oxygen atoms in total. The number of nitrogens with two attached hydrogens (primary N) is 1. The highest BCUT2D eigenvalue weighted by Crippen LogP contribution is 1.97. The zero-order valence-electron chi connectivity index (χ0n) is 8.80. The third-order valence-electron chi connectivity index (χ3n) is 1.90. The molecule has 0 aromatic heterocycles. The van der Waals surface area contributed by atoms with E-state index in [-0.39, 0.29) is 11.8 Å².